The minimum Gasteiger partial charge on any atom is -0.368 e. The van der Waals surface area contributed by atoms with Crippen LogP contribution in [0, 0.1) is 6.92 Å². The Balaban J connectivity index is 2.28. The number of benzene rings is 1. The molecule has 6 heteroatoms. The Morgan fingerprint density at radius 1 is 1.38 bits per heavy atom. The minimum absolute atomic E-state index is 0.0323. The maximum absolute atomic E-state index is 12.8. The first kappa shape index (κ1) is 16.0. The first-order chi connectivity index (χ1) is 9.99. The van der Waals surface area contributed by atoms with E-state index in [-0.39, 0.29) is 18.5 Å². The van der Waals surface area contributed by atoms with Crippen molar-refractivity contribution in [2.24, 2.45) is 5.73 Å². The standard InChI is InChI=1S/C15H20BrN3O2/c1-10-2-3-11(16)8-13(10)15(21)19(9-14(17)20)12-4-6-18-7-5-12/h2-3,8,12,18H,4-7,9H2,1H3,(H2,17,20). The van der Waals surface area contributed by atoms with E-state index in [9.17, 15) is 9.59 Å². The van der Waals surface area contributed by atoms with Gasteiger partial charge in [-0.05, 0) is 50.6 Å². The van der Waals surface area contributed by atoms with Gasteiger partial charge in [0.05, 0.1) is 6.54 Å². The van der Waals surface area contributed by atoms with Gasteiger partial charge in [-0.25, -0.2) is 0 Å². The summed E-state index contributed by atoms with van der Waals surface area (Å²) in [6, 6.07) is 5.65. The van der Waals surface area contributed by atoms with Crippen LogP contribution in [0.1, 0.15) is 28.8 Å². The lowest BCUT2D eigenvalue weighted by molar-refractivity contribution is -0.119. The summed E-state index contributed by atoms with van der Waals surface area (Å²) >= 11 is 3.39. The van der Waals surface area contributed by atoms with Crippen molar-refractivity contribution in [2.45, 2.75) is 25.8 Å². The zero-order chi connectivity index (χ0) is 15.4. The maximum Gasteiger partial charge on any atom is 0.254 e. The Hall–Kier alpha value is -1.40. The monoisotopic (exact) mass is 353 g/mol. The highest BCUT2D eigenvalue weighted by Crippen LogP contribution is 2.21. The predicted molar refractivity (Wildman–Crippen MR) is 85.0 cm³/mol. The van der Waals surface area contributed by atoms with Crippen molar-refractivity contribution in [3.05, 3.63) is 33.8 Å². The van der Waals surface area contributed by atoms with Crippen LogP contribution in [0.2, 0.25) is 0 Å². The molecule has 1 aromatic carbocycles. The number of piperidine rings is 1. The van der Waals surface area contributed by atoms with Crippen molar-refractivity contribution < 1.29 is 9.59 Å². The van der Waals surface area contributed by atoms with Crippen molar-refractivity contribution in [1.82, 2.24) is 10.2 Å². The molecule has 0 spiro atoms. The Labute approximate surface area is 133 Å². The van der Waals surface area contributed by atoms with Crippen LogP contribution in [0.25, 0.3) is 0 Å². The maximum atomic E-state index is 12.8. The van der Waals surface area contributed by atoms with Gasteiger partial charge in [-0.3, -0.25) is 9.59 Å². The minimum atomic E-state index is -0.477. The molecule has 0 unspecified atom stereocenters. The number of primary amides is 1. The molecule has 0 aliphatic carbocycles. The van der Waals surface area contributed by atoms with Crippen molar-refractivity contribution in [1.29, 1.82) is 0 Å². The molecule has 0 saturated carbocycles. The fraction of sp³-hybridized carbons (Fsp3) is 0.467. The Morgan fingerprint density at radius 3 is 2.67 bits per heavy atom. The molecule has 114 valence electrons. The quantitative estimate of drug-likeness (QED) is 0.859. The van der Waals surface area contributed by atoms with Crippen molar-refractivity contribution in [3.63, 3.8) is 0 Å². The third-order valence-corrected chi connectivity index (χ3v) is 4.26. The summed E-state index contributed by atoms with van der Waals surface area (Å²) in [5.41, 5.74) is 6.84. The zero-order valence-corrected chi connectivity index (χ0v) is 13.6. The average Bonchev–Trinajstić information content (AvgIpc) is 2.47. The molecular formula is C15H20BrN3O2. The van der Waals surface area contributed by atoms with E-state index in [4.69, 9.17) is 5.73 Å². The van der Waals surface area contributed by atoms with E-state index in [0.717, 1.165) is 36.0 Å². The number of nitrogens with two attached hydrogens (primary N) is 1. The largest absolute Gasteiger partial charge is 0.368 e. The number of aryl methyl sites for hydroxylation is 1. The third kappa shape index (κ3) is 4.04. The summed E-state index contributed by atoms with van der Waals surface area (Å²) in [4.78, 5) is 25.8. The van der Waals surface area contributed by atoms with Crippen molar-refractivity contribution in [2.75, 3.05) is 19.6 Å². The molecule has 1 aliphatic heterocycles. The van der Waals surface area contributed by atoms with Crippen molar-refractivity contribution >= 4 is 27.7 Å². The zero-order valence-electron chi connectivity index (χ0n) is 12.1. The average molecular weight is 354 g/mol. The van der Waals surface area contributed by atoms with Crippen molar-refractivity contribution in [3.8, 4) is 0 Å². The number of nitrogens with one attached hydrogen (secondary N) is 1. The van der Waals surface area contributed by atoms with E-state index in [1.54, 1.807) is 11.0 Å². The van der Waals surface area contributed by atoms with E-state index in [0.29, 0.717) is 5.56 Å². The first-order valence-corrected chi connectivity index (χ1v) is 7.84. The van der Waals surface area contributed by atoms with Crippen LogP contribution in [0.15, 0.2) is 22.7 Å². The Kier molecular flexibility index (Phi) is 5.36. The van der Waals surface area contributed by atoms with Gasteiger partial charge in [0, 0.05) is 16.1 Å². The van der Waals surface area contributed by atoms with Gasteiger partial charge < -0.3 is 16.0 Å². The Bertz CT molecular complexity index is 542. The first-order valence-electron chi connectivity index (χ1n) is 7.05. The second-order valence-electron chi connectivity index (χ2n) is 5.34. The number of halogens is 1. The van der Waals surface area contributed by atoms with E-state index in [1.165, 1.54) is 0 Å². The molecule has 3 N–H and O–H groups in total. The normalized spacial score (nSPS) is 15.7. The van der Waals surface area contributed by atoms with Gasteiger partial charge in [-0.1, -0.05) is 22.0 Å². The summed E-state index contributed by atoms with van der Waals surface area (Å²) in [6.45, 7) is 3.56. The number of amides is 2. The predicted octanol–water partition coefficient (Wildman–Crippen LogP) is 1.44. The second-order valence-corrected chi connectivity index (χ2v) is 6.26. The van der Waals surface area contributed by atoms with E-state index in [1.807, 2.05) is 19.1 Å². The second kappa shape index (κ2) is 7.04. The lowest BCUT2D eigenvalue weighted by Gasteiger charge is -2.34. The van der Waals surface area contributed by atoms with Crippen LogP contribution in [0.3, 0.4) is 0 Å². The molecule has 2 amide bonds. The number of rotatable bonds is 4. The molecule has 0 aromatic heterocycles. The van der Waals surface area contributed by atoms with Gasteiger partial charge in [-0.2, -0.15) is 0 Å². The van der Waals surface area contributed by atoms with Crippen LogP contribution >= 0.6 is 15.9 Å². The molecule has 0 radical (unpaired) electrons. The smallest absolute Gasteiger partial charge is 0.254 e. The third-order valence-electron chi connectivity index (χ3n) is 3.77. The molecule has 5 nitrogen and oxygen atoms in total. The van der Waals surface area contributed by atoms with Crippen LogP contribution in [-0.4, -0.2) is 42.4 Å². The molecular weight excluding hydrogens is 334 g/mol. The number of nitrogens with zero attached hydrogens (tertiary/aromatic N) is 1. The molecule has 0 atom stereocenters. The lowest BCUT2D eigenvalue weighted by Crippen LogP contribution is -2.49. The number of hydrogen-bond acceptors (Lipinski definition) is 3. The molecule has 2 rings (SSSR count). The van der Waals surface area contributed by atoms with Gasteiger partial charge in [0.1, 0.15) is 0 Å². The summed E-state index contributed by atoms with van der Waals surface area (Å²) in [6.07, 6.45) is 1.68. The lowest BCUT2D eigenvalue weighted by atomic mass is 10.0. The van der Waals surface area contributed by atoms with Gasteiger partial charge >= 0.3 is 0 Å². The van der Waals surface area contributed by atoms with E-state index in [2.05, 4.69) is 21.2 Å². The van der Waals surface area contributed by atoms with Gasteiger partial charge in [0.25, 0.3) is 5.91 Å². The van der Waals surface area contributed by atoms with Gasteiger partial charge in [-0.15, -0.1) is 0 Å². The summed E-state index contributed by atoms with van der Waals surface area (Å²) in [7, 11) is 0. The molecule has 21 heavy (non-hydrogen) atoms. The fourth-order valence-corrected chi connectivity index (χ4v) is 2.99. The molecule has 1 fully saturated rings. The van der Waals surface area contributed by atoms with Crippen LogP contribution in [-0.2, 0) is 4.79 Å². The number of hydrogen-bond donors (Lipinski definition) is 2. The highest BCUT2D eigenvalue weighted by Gasteiger charge is 2.28. The molecule has 1 aliphatic rings. The molecule has 1 aromatic rings. The van der Waals surface area contributed by atoms with Crippen LogP contribution < -0.4 is 11.1 Å². The number of carbonyl (C=O) groups is 2. The molecule has 1 heterocycles. The van der Waals surface area contributed by atoms with Crippen LogP contribution in [0.4, 0.5) is 0 Å². The van der Waals surface area contributed by atoms with Crippen LogP contribution in [0.5, 0.6) is 0 Å². The highest BCUT2D eigenvalue weighted by molar-refractivity contribution is 9.10. The highest BCUT2D eigenvalue weighted by atomic mass is 79.9. The van der Waals surface area contributed by atoms with Gasteiger partial charge in [0.15, 0.2) is 0 Å². The summed E-state index contributed by atoms with van der Waals surface area (Å²) in [5.74, 6) is -0.603. The fourth-order valence-electron chi connectivity index (χ4n) is 2.63. The van der Waals surface area contributed by atoms with E-state index >= 15 is 0 Å². The van der Waals surface area contributed by atoms with Gasteiger partial charge in [0.2, 0.25) is 5.91 Å². The summed E-state index contributed by atoms with van der Waals surface area (Å²) in [5, 5.41) is 3.26. The Morgan fingerprint density at radius 2 is 2.05 bits per heavy atom. The topological polar surface area (TPSA) is 75.4 Å². The number of carbonyl (C=O) groups excluding carboxylic acids is 2. The molecule has 0 bridgehead atoms. The molecule has 1 saturated heterocycles. The summed E-state index contributed by atoms with van der Waals surface area (Å²) < 4.78 is 0.848. The SMILES string of the molecule is Cc1ccc(Br)cc1C(=O)N(CC(N)=O)C1CCNCC1. The van der Waals surface area contributed by atoms with E-state index < -0.39 is 5.91 Å².